The molecule has 0 bridgehead atoms. The first-order valence-electron chi connectivity index (χ1n) is 18.5. The highest BCUT2D eigenvalue weighted by Crippen LogP contribution is 2.31. The standard InChI is InChI=1S/2C20H24N4O3/c2*1-12-8-15-16(10-22-20(15)25)23-19(12)24-7-6-17(13(2)11-24)27-14-4-5-18(26-3)21-9-14/h2*4-5,8-9,13,17H,6-7,10-11H2,1-3H3,(H,22,25)/t2*13-,17-/m10/s1. The molecule has 0 saturated carbocycles. The predicted molar refractivity (Wildman–Crippen MR) is 203 cm³/mol. The molecular formula is C40H48N8O6. The monoisotopic (exact) mass is 736 g/mol. The molecule has 284 valence electrons. The van der Waals surface area contributed by atoms with E-state index in [1.165, 1.54) is 0 Å². The normalized spacial score (nSPS) is 21.6. The molecule has 4 aliphatic heterocycles. The smallest absolute Gasteiger partial charge is 0.253 e. The van der Waals surface area contributed by atoms with Gasteiger partial charge in [0.25, 0.3) is 11.8 Å². The third kappa shape index (κ3) is 7.82. The van der Waals surface area contributed by atoms with Gasteiger partial charge in [-0.1, -0.05) is 13.8 Å². The van der Waals surface area contributed by atoms with Crippen LogP contribution in [0.3, 0.4) is 0 Å². The molecule has 2 amide bonds. The molecule has 2 fully saturated rings. The fourth-order valence-corrected chi connectivity index (χ4v) is 7.55. The molecule has 4 aromatic rings. The van der Waals surface area contributed by atoms with Crippen LogP contribution in [0.25, 0.3) is 0 Å². The number of methoxy groups -OCH3 is 2. The number of aryl methyl sites for hydroxylation is 2. The number of aromatic nitrogens is 4. The Morgan fingerprint density at radius 3 is 1.44 bits per heavy atom. The average Bonchev–Trinajstić information content (AvgIpc) is 3.73. The molecule has 4 atom stereocenters. The van der Waals surface area contributed by atoms with Gasteiger partial charge in [-0.15, -0.1) is 0 Å². The number of pyridine rings is 4. The Morgan fingerprint density at radius 1 is 0.667 bits per heavy atom. The van der Waals surface area contributed by atoms with Crippen molar-refractivity contribution in [3.05, 3.63) is 82.4 Å². The van der Waals surface area contributed by atoms with Gasteiger partial charge < -0.3 is 39.4 Å². The summed E-state index contributed by atoms with van der Waals surface area (Å²) in [5.74, 6) is 5.26. The Balaban J connectivity index is 0.000000167. The van der Waals surface area contributed by atoms with Crippen LogP contribution in [0.2, 0.25) is 0 Å². The molecule has 2 N–H and O–H groups in total. The van der Waals surface area contributed by atoms with Gasteiger partial charge in [0, 0.05) is 63.0 Å². The summed E-state index contributed by atoms with van der Waals surface area (Å²) < 4.78 is 22.5. The number of hydrogen-bond acceptors (Lipinski definition) is 12. The van der Waals surface area contributed by atoms with Crippen molar-refractivity contribution >= 4 is 23.5 Å². The van der Waals surface area contributed by atoms with Crippen LogP contribution in [0.1, 0.15) is 69.9 Å². The van der Waals surface area contributed by atoms with Crippen molar-refractivity contribution in [3.63, 3.8) is 0 Å². The molecule has 0 aliphatic carbocycles. The van der Waals surface area contributed by atoms with E-state index in [0.29, 0.717) is 47.8 Å². The molecule has 0 radical (unpaired) electrons. The second-order valence-electron chi connectivity index (χ2n) is 14.4. The number of hydrogen-bond donors (Lipinski definition) is 2. The zero-order chi connectivity index (χ0) is 37.9. The summed E-state index contributed by atoms with van der Waals surface area (Å²) in [6.45, 7) is 12.9. The summed E-state index contributed by atoms with van der Waals surface area (Å²) >= 11 is 0. The first kappa shape index (κ1) is 36.7. The highest BCUT2D eigenvalue weighted by molar-refractivity contribution is 5.98. The lowest BCUT2D eigenvalue weighted by atomic mass is 9.96. The van der Waals surface area contributed by atoms with Gasteiger partial charge in [-0.3, -0.25) is 9.59 Å². The molecule has 4 aromatic heterocycles. The molecular weight excluding hydrogens is 688 g/mol. The number of piperidine rings is 2. The summed E-state index contributed by atoms with van der Waals surface area (Å²) in [7, 11) is 3.20. The Bertz CT molecular complexity index is 1850. The zero-order valence-electron chi connectivity index (χ0n) is 31.7. The summed E-state index contributed by atoms with van der Waals surface area (Å²) in [6, 6.07) is 11.3. The number of carbonyl (C=O) groups excluding carboxylic acids is 2. The number of carbonyl (C=O) groups is 2. The number of anilines is 2. The fourth-order valence-electron chi connectivity index (χ4n) is 7.55. The number of fused-ring (bicyclic) bond motifs is 2. The van der Waals surface area contributed by atoms with Gasteiger partial charge in [-0.2, -0.15) is 0 Å². The van der Waals surface area contributed by atoms with Crippen LogP contribution in [0.15, 0.2) is 48.8 Å². The van der Waals surface area contributed by atoms with Gasteiger partial charge in [-0.05, 0) is 49.2 Å². The molecule has 8 rings (SSSR count). The summed E-state index contributed by atoms with van der Waals surface area (Å²) in [4.78, 5) is 46.2. The van der Waals surface area contributed by atoms with E-state index in [4.69, 9.17) is 28.9 Å². The number of amides is 2. The molecule has 0 spiro atoms. The molecule has 0 unspecified atom stereocenters. The van der Waals surface area contributed by atoms with Gasteiger partial charge in [0.2, 0.25) is 11.8 Å². The van der Waals surface area contributed by atoms with Gasteiger partial charge >= 0.3 is 0 Å². The zero-order valence-corrected chi connectivity index (χ0v) is 31.7. The van der Waals surface area contributed by atoms with E-state index in [9.17, 15) is 9.59 Å². The lowest BCUT2D eigenvalue weighted by molar-refractivity contribution is 0.0957. The second kappa shape index (κ2) is 15.7. The Kier molecular flexibility index (Phi) is 10.7. The largest absolute Gasteiger partial charge is 0.488 e. The van der Waals surface area contributed by atoms with E-state index in [1.807, 2.05) is 50.2 Å². The van der Waals surface area contributed by atoms with Crippen molar-refractivity contribution in [1.82, 2.24) is 30.6 Å². The van der Waals surface area contributed by atoms with Crippen molar-refractivity contribution in [2.45, 2.75) is 65.8 Å². The summed E-state index contributed by atoms with van der Waals surface area (Å²) in [6.07, 6.45) is 5.48. The van der Waals surface area contributed by atoms with Crippen molar-refractivity contribution in [2.75, 3.05) is 50.2 Å². The highest BCUT2D eigenvalue weighted by atomic mass is 16.5. The lowest BCUT2D eigenvalue weighted by Crippen LogP contribution is -2.45. The molecule has 14 heteroatoms. The van der Waals surface area contributed by atoms with Gasteiger partial charge in [0.1, 0.15) is 35.3 Å². The highest BCUT2D eigenvalue weighted by Gasteiger charge is 2.32. The third-order valence-electron chi connectivity index (χ3n) is 10.5. The van der Waals surface area contributed by atoms with E-state index < -0.39 is 0 Å². The van der Waals surface area contributed by atoms with Crippen LogP contribution in [0.4, 0.5) is 11.6 Å². The quantitative estimate of drug-likeness (QED) is 0.259. The van der Waals surface area contributed by atoms with E-state index in [0.717, 1.165) is 84.7 Å². The Labute approximate surface area is 315 Å². The summed E-state index contributed by atoms with van der Waals surface area (Å²) in [5, 5.41) is 5.68. The van der Waals surface area contributed by atoms with Crippen molar-refractivity contribution in [2.24, 2.45) is 11.8 Å². The number of nitrogens with one attached hydrogen (secondary N) is 2. The van der Waals surface area contributed by atoms with E-state index in [2.05, 4.69) is 44.2 Å². The van der Waals surface area contributed by atoms with E-state index in [-0.39, 0.29) is 24.0 Å². The molecule has 2 saturated heterocycles. The van der Waals surface area contributed by atoms with Crippen LogP contribution in [-0.4, -0.2) is 84.4 Å². The van der Waals surface area contributed by atoms with Gasteiger partial charge in [-0.25, -0.2) is 19.9 Å². The average molecular weight is 737 g/mol. The Hall–Kier alpha value is -5.66. The van der Waals surface area contributed by atoms with Gasteiger partial charge in [0.15, 0.2) is 0 Å². The van der Waals surface area contributed by atoms with Crippen LogP contribution < -0.4 is 39.4 Å². The lowest BCUT2D eigenvalue weighted by Gasteiger charge is -2.38. The molecule has 8 heterocycles. The maximum Gasteiger partial charge on any atom is 0.253 e. The molecule has 14 nitrogen and oxygen atoms in total. The predicted octanol–water partition coefficient (Wildman–Crippen LogP) is 4.66. The van der Waals surface area contributed by atoms with Crippen LogP contribution in [-0.2, 0) is 13.1 Å². The maximum absolute atomic E-state index is 11.8. The minimum Gasteiger partial charge on any atom is -0.488 e. The SMILES string of the molecule is COc1ccc(O[C@@H]2CCN(c3nc4c(cc3C)C(=O)NC4)C[C@H]2C)cn1.COc1ccc(O[C@H]2CCN(c3nc4c(cc3C)C(=O)NC4)C[C@@H]2C)cn1. The maximum atomic E-state index is 11.8. The van der Waals surface area contributed by atoms with Crippen molar-refractivity contribution in [3.8, 4) is 23.3 Å². The third-order valence-corrected chi connectivity index (χ3v) is 10.5. The topological polar surface area (TPSA) is 153 Å². The van der Waals surface area contributed by atoms with E-state index in [1.54, 1.807) is 26.6 Å². The van der Waals surface area contributed by atoms with E-state index >= 15 is 0 Å². The minimum atomic E-state index is -0.0271. The first-order valence-corrected chi connectivity index (χ1v) is 18.5. The van der Waals surface area contributed by atoms with Crippen molar-refractivity contribution in [1.29, 1.82) is 0 Å². The fraction of sp³-hybridized carbons (Fsp3) is 0.450. The first-order chi connectivity index (χ1) is 26.1. The molecule has 4 aliphatic rings. The summed E-state index contributed by atoms with van der Waals surface area (Å²) in [5.41, 5.74) is 5.17. The molecule has 54 heavy (non-hydrogen) atoms. The van der Waals surface area contributed by atoms with Crippen LogP contribution >= 0.6 is 0 Å². The second-order valence-corrected chi connectivity index (χ2v) is 14.4. The minimum absolute atomic E-state index is 0.0271. The van der Waals surface area contributed by atoms with Crippen LogP contribution in [0, 0.1) is 25.7 Å². The van der Waals surface area contributed by atoms with Crippen LogP contribution in [0.5, 0.6) is 23.3 Å². The number of nitrogens with zero attached hydrogens (tertiary/aromatic N) is 6. The number of rotatable bonds is 8. The van der Waals surface area contributed by atoms with Crippen molar-refractivity contribution < 1.29 is 28.5 Å². The number of ether oxygens (including phenoxy) is 4. The van der Waals surface area contributed by atoms with Gasteiger partial charge in [0.05, 0.1) is 62.2 Å². The molecule has 0 aromatic carbocycles. The Morgan fingerprint density at radius 2 is 1.09 bits per heavy atom.